The molecule has 1 atom stereocenters. The van der Waals surface area contributed by atoms with E-state index in [2.05, 4.69) is 39.0 Å². The molecular formula is C13H22ClN. The minimum absolute atomic E-state index is 0. The minimum Gasteiger partial charge on any atom is -0.324 e. The van der Waals surface area contributed by atoms with Gasteiger partial charge in [0.05, 0.1) is 0 Å². The van der Waals surface area contributed by atoms with Gasteiger partial charge in [-0.1, -0.05) is 43.5 Å². The molecule has 0 aliphatic heterocycles. The predicted molar refractivity (Wildman–Crippen MR) is 69.6 cm³/mol. The van der Waals surface area contributed by atoms with Crippen LogP contribution in [-0.2, 0) is 0 Å². The van der Waals surface area contributed by atoms with Gasteiger partial charge in [0.15, 0.2) is 0 Å². The quantitative estimate of drug-likeness (QED) is 0.829. The Morgan fingerprint density at radius 1 is 1.27 bits per heavy atom. The van der Waals surface area contributed by atoms with Crippen molar-refractivity contribution in [2.75, 3.05) is 0 Å². The van der Waals surface area contributed by atoms with E-state index in [1.54, 1.807) is 0 Å². The Labute approximate surface area is 99.5 Å². The van der Waals surface area contributed by atoms with Gasteiger partial charge in [0, 0.05) is 6.04 Å². The largest absolute Gasteiger partial charge is 0.324 e. The molecular weight excluding hydrogens is 206 g/mol. The minimum atomic E-state index is 0. The average molecular weight is 228 g/mol. The highest BCUT2D eigenvalue weighted by molar-refractivity contribution is 5.85. The molecule has 0 radical (unpaired) electrons. The van der Waals surface area contributed by atoms with Crippen LogP contribution in [0, 0.1) is 13.8 Å². The summed E-state index contributed by atoms with van der Waals surface area (Å²) in [4.78, 5) is 0. The fourth-order valence-electron chi connectivity index (χ4n) is 1.82. The van der Waals surface area contributed by atoms with Crippen LogP contribution in [0.1, 0.15) is 48.9 Å². The van der Waals surface area contributed by atoms with Crippen molar-refractivity contribution in [3.63, 3.8) is 0 Å². The number of nitrogens with two attached hydrogens (primary N) is 1. The number of unbranched alkanes of at least 4 members (excludes halogenated alkanes) is 1. The van der Waals surface area contributed by atoms with Gasteiger partial charge in [0.25, 0.3) is 0 Å². The molecule has 0 aliphatic carbocycles. The summed E-state index contributed by atoms with van der Waals surface area (Å²) in [6.07, 6.45) is 3.54. The molecule has 1 nitrogen and oxygen atoms in total. The molecule has 1 aromatic rings. The standard InChI is InChI=1S/C13H21N.ClH/c1-4-5-6-13(14)12-8-7-10(2)9-11(12)3;/h7-9,13H,4-6,14H2,1-3H3;1H/t13-;/m0./s1. The van der Waals surface area contributed by atoms with Crippen molar-refractivity contribution < 1.29 is 0 Å². The fraction of sp³-hybridized carbons (Fsp3) is 0.538. The maximum Gasteiger partial charge on any atom is 0.0297 e. The number of hydrogen-bond donors (Lipinski definition) is 1. The van der Waals surface area contributed by atoms with Crippen molar-refractivity contribution in [2.24, 2.45) is 5.73 Å². The number of halogens is 1. The Morgan fingerprint density at radius 2 is 1.93 bits per heavy atom. The molecule has 0 spiro atoms. The molecule has 2 N–H and O–H groups in total. The van der Waals surface area contributed by atoms with E-state index < -0.39 is 0 Å². The zero-order chi connectivity index (χ0) is 10.6. The number of benzene rings is 1. The van der Waals surface area contributed by atoms with Crippen molar-refractivity contribution in [2.45, 2.75) is 46.1 Å². The van der Waals surface area contributed by atoms with Crippen molar-refractivity contribution >= 4 is 12.4 Å². The first kappa shape index (κ1) is 14.5. The molecule has 1 aromatic carbocycles. The molecule has 2 heteroatoms. The molecule has 15 heavy (non-hydrogen) atoms. The third-order valence-corrected chi connectivity index (χ3v) is 2.69. The van der Waals surface area contributed by atoms with Gasteiger partial charge in [-0.25, -0.2) is 0 Å². The van der Waals surface area contributed by atoms with Gasteiger partial charge in [-0.15, -0.1) is 12.4 Å². The first-order valence-corrected chi connectivity index (χ1v) is 5.48. The van der Waals surface area contributed by atoms with Crippen LogP contribution in [0.25, 0.3) is 0 Å². The summed E-state index contributed by atoms with van der Waals surface area (Å²) in [5, 5.41) is 0. The van der Waals surface area contributed by atoms with Gasteiger partial charge in [-0.2, -0.15) is 0 Å². The zero-order valence-electron chi connectivity index (χ0n) is 9.92. The van der Waals surface area contributed by atoms with E-state index in [9.17, 15) is 0 Å². The Balaban J connectivity index is 0.00000196. The number of aryl methyl sites for hydroxylation is 2. The summed E-state index contributed by atoms with van der Waals surface area (Å²) in [5.74, 6) is 0. The smallest absolute Gasteiger partial charge is 0.0297 e. The second-order valence-electron chi connectivity index (χ2n) is 4.11. The maximum atomic E-state index is 6.13. The molecule has 0 saturated heterocycles. The van der Waals surface area contributed by atoms with Crippen LogP contribution in [0.15, 0.2) is 18.2 Å². The first-order chi connectivity index (χ1) is 6.65. The van der Waals surface area contributed by atoms with E-state index in [-0.39, 0.29) is 18.4 Å². The lowest BCUT2D eigenvalue weighted by Crippen LogP contribution is -2.11. The molecule has 0 aromatic heterocycles. The van der Waals surface area contributed by atoms with E-state index in [0.29, 0.717) is 0 Å². The predicted octanol–water partition coefficient (Wildman–Crippen LogP) is 3.92. The SMILES string of the molecule is CCCC[C@H](N)c1ccc(C)cc1C.Cl. The maximum absolute atomic E-state index is 6.13. The summed E-state index contributed by atoms with van der Waals surface area (Å²) in [5.41, 5.74) is 10.1. The molecule has 86 valence electrons. The number of hydrogen-bond acceptors (Lipinski definition) is 1. The van der Waals surface area contributed by atoms with Gasteiger partial charge >= 0.3 is 0 Å². The molecule has 1 rings (SSSR count). The van der Waals surface area contributed by atoms with E-state index in [0.717, 1.165) is 6.42 Å². The van der Waals surface area contributed by atoms with Crippen LogP contribution in [0.4, 0.5) is 0 Å². The summed E-state index contributed by atoms with van der Waals surface area (Å²) in [7, 11) is 0. The Kier molecular flexibility index (Phi) is 6.62. The van der Waals surface area contributed by atoms with Gasteiger partial charge < -0.3 is 5.73 Å². The third kappa shape index (κ3) is 4.23. The summed E-state index contributed by atoms with van der Waals surface area (Å²) in [6.45, 7) is 6.47. The number of rotatable bonds is 4. The van der Waals surface area contributed by atoms with Gasteiger partial charge in [0.2, 0.25) is 0 Å². The van der Waals surface area contributed by atoms with Crippen molar-refractivity contribution in [1.29, 1.82) is 0 Å². The molecule has 0 heterocycles. The zero-order valence-corrected chi connectivity index (χ0v) is 10.7. The Bertz CT molecular complexity index is 297. The third-order valence-electron chi connectivity index (χ3n) is 2.69. The summed E-state index contributed by atoms with van der Waals surface area (Å²) in [6, 6.07) is 6.75. The summed E-state index contributed by atoms with van der Waals surface area (Å²) < 4.78 is 0. The molecule has 0 fully saturated rings. The first-order valence-electron chi connectivity index (χ1n) is 5.48. The highest BCUT2D eigenvalue weighted by atomic mass is 35.5. The van der Waals surface area contributed by atoms with Crippen molar-refractivity contribution in [3.05, 3.63) is 34.9 Å². The van der Waals surface area contributed by atoms with E-state index in [4.69, 9.17) is 5.73 Å². The lowest BCUT2D eigenvalue weighted by atomic mass is 9.96. The van der Waals surface area contributed by atoms with Crippen LogP contribution in [0.5, 0.6) is 0 Å². The second-order valence-corrected chi connectivity index (χ2v) is 4.11. The van der Waals surface area contributed by atoms with Crippen molar-refractivity contribution in [1.82, 2.24) is 0 Å². The molecule has 0 unspecified atom stereocenters. The molecule has 0 saturated carbocycles. The highest BCUT2D eigenvalue weighted by Gasteiger charge is 2.07. The molecule has 0 bridgehead atoms. The normalized spacial score (nSPS) is 12.0. The van der Waals surface area contributed by atoms with Crippen LogP contribution in [0.2, 0.25) is 0 Å². The topological polar surface area (TPSA) is 26.0 Å². The lowest BCUT2D eigenvalue weighted by molar-refractivity contribution is 0.601. The lowest BCUT2D eigenvalue weighted by Gasteiger charge is -2.14. The molecule has 0 aliphatic rings. The highest BCUT2D eigenvalue weighted by Crippen LogP contribution is 2.21. The summed E-state index contributed by atoms with van der Waals surface area (Å²) >= 11 is 0. The van der Waals surface area contributed by atoms with Crippen LogP contribution >= 0.6 is 12.4 Å². The average Bonchev–Trinajstić information content (AvgIpc) is 2.14. The van der Waals surface area contributed by atoms with Crippen LogP contribution in [-0.4, -0.2) is 0 Å². The van der Waals surface area contributed by atoms with Gasteiger partial charge in [-0.3, -0.25) is 0 Å². The monoisotopic (exact) mass is 227 g/mol. The Morgan fingerprint density at radius 3 is 2.47 bits per heavy atom. The van der Waals surface area contributed by atoms with E-state index in [1.165, 1.54) is 29.5 Å². The second kappa shape index (κ2) is 6.86. The van der Waals surface area contributed by atoms with Gasteiger partial charge in [0.1, 0.15) is 0 Å². The van der Waals surface area contributed by atoms with Gasteiger partial charge in [-0.05, 0) is 31.4 Å². The van der Waals surface area contributed by atoms with Crippen LogP contribution < -0.4 is 5.73 Å². The van der Waals surface area contributed by atoms with Crippen LogP contribution in [0.3, 0.4) is 0 Å². The van der Waals surface area contributed by atoms with E-state index in [1.807, 2.05) is 0 Å². The molecule has 0 amide bonds. The van der Waals surface area contributed by atoms with Crippen molar-refractivity contribution in [3.8, 4) is 0 Å². The Hall–Kier alpha value is -0.530. The van der Waals surface area contributed by atoms with E-state index >= 15 is 0 Å². The fourth-order valence-corrected chi connectivity index (χ4v) is 1.82.